The van der Waals surface area contributed by atoms with Gasteiger partial charge in [-0.15, -0.1) is 0 Å². The number of nitrogens with zero attached hydrogens (tertiary/aromatic N) is 2. The number of hydrogen-bond acceptors (Lipinski definition) is 4. The first-order chi connectivity index (χ1) is 9.33. The molecule has 0 aromatic carbocycles. The van der Waals surface area contributed by atoms with Crippen molar-refractivity contribution in [1.29, 1.82) is 0 Å². The van der Waals surface area contributed by atoms with Crippen molar-refractivity contribution in [2.75, 3.05) is 31.6 Å². The third-order valence-electron chi connectivity index (χ3n) is 4.00. The minimum absolute atomic E-state index is 0.249. The predicted octanol–water partition coefficient (Wildman–Crippen LogP) is 2.40. The Morgan fingerprint density at radius 2 is 2.42 bits per heavy atom. The molecule has 3 heterocycles. The summed E-state index contributed by atoms with van der Waals surface area (Å²) in [5.74, 6) is 0. The van der Waals surface area contributed by atoms with Crippen molar-refractivity contribution >= 4 is 17.3 Å². The quantitative estimate of drug-likeness (QED) is 0.923. The third kappa shape index (κ3) is 3.19. The number of anilines is 1. The summed E-state index contributed by atoms with van der Waals surface area (Å²) in [5, 5.41) is 4.02. The van der Waals surface area contributed by atoms with Crippen molar-refractivity contribution in [2.24, 2.45) is 0 Å². The first kappa shape index (κ1) is 13.2. The van der Waals surface area contributed by atoms with Crippen LogP contribution in [0.3, 0.4) is 0 Å². The summed E-state index contributed by atoms with van der Waals surface area (Å²) >= 11 is 6.08. The Hall–Kier alpha value is -0.840. The van der Waals surface area contributed by atoms with Gasteiger partial charge in [0.15, 0.2) is 0 Å². The Bertz CT molecular complexity index is 429. The molecule has 2 aliphatic heterocycles. The number of hydrogen-bond donors (Lipinski definition) is 1. The second-order valence-electron chi connectivity index (χ2n) is 5.34. The zero-order chi connectivity index (χ0) is 13.1. The number of rotatable bonds is 3. The zero-order valence-corrected chi connectivity index (χ0v) is 11.8. The van der Waals surface area contributed by atoms with Crippen LogP contribution in [0.2, 0.25) is 5.02 Å². The smallest absolute Gasteiger partial charge is 0.0874 e. The van der Waals surface area contributed by atoms with Crippen LogP contribution < -0.4 is 5.32 Å². The van der Waals surface area contributed by atoms with E-state index >= 15 is 0 Å². The van der Waals surface area contributed by atoms with Gasteiger partial charge in [0.2, 0.25) is 0 Å². The molecule has 4 nitrogen and oxygen atoms in total. The number of piperidine rings is 1. The fourth-order valence-corrected chi connectivity index (χ4v) is 3.10. The van der Waals surface area contributed by atoms with E-state index in [1.807, 2.05) is 6.07 Å². The third-order valence-corrected chi connectivity index (χ3v) is 4.31. The van der Waals surface area contributed by atoms with Gasteiger partial charge in [-0.1, -0.05) is 18.0 Å². The van der Waals surface area contributed by atoms with Crippen LogP contribution in [0.5, 0.6) is 0 Å². The van der Waals surface area contributed by atoms with Gasteiger partial charge in [-0.05, 0) is 25.5 Å². The van der Waals surface area contributed by atoms with Crippen molar-refractivity contribution in [2.45, 2.75) is 31.4 Å². The van der Waals surface area contributed by atoms with Crippen LogP contribution >= 0.6 is 11.6 Å². The molecule has 0 spiro atoms. The molecule has 5 heteroatoms. The molecule has 2 aliphatic rings. The molecule has 2 fully saturated rings. The predicted molar refractivity (Wildman–Crippen MR) is 76.7 cm³/mol. The second kappa shape index (κ2) is 6.07. The number of morpholine rings is 1. The molecule has 0 unspecified atom stereocenters. The van der Waals surface area contributed by atoms with E-state index in [2.05, 4.69) is 15.2 Å². The summed E-state index contributed by atoms with van der Waals surface area (Å²) in [6, 6.07) is 2.55. The van der Waals surface area contributed by atoms with Crippen LogP contribution in [0.4, 0.5) is 5.69 Å². The molecule has 0 aliphatic carbocycles. The van der Waals surface area contributed by atoms with Gasteiger partial charge in [-0.25, -0.2) is 0 Å². The molecule has 104 valence electrons. The molecule has 0 amide bonds. The van der Waals surface area contributed by atoms with Crippen LogP contribution in [-0.4, -0.2) is 48.3 Å². The minimum Gasteiger partial charge on any atom is -0.381 e. The molecule has 3 rings (SSSR count). The molecule has 1 N–H and O–H groups in total. The van der Waals surface area contributed by atoms with Crippen LogP contribution in [0, 0.1) is 0 Å². The average molecular weight is 282 g/mol. The van der Waals surface area contributed by atoms with Crippen molar-refractivity contribution in [1.82, 2.24) is 9.88 Å². The highest BCUT2D eigenvalue weighted by atomic mass is 35.5. The molecule has 2 atom stereocenters. The van der Waals surface area contributed by atoms with E-state index in [4.69, 9.17) is 16.3 Å². The van der Waals surface area contributed by atoms with Crippen LogP contribution in [0.15, 0.2) is 18.5 Å². The highest BCUT2D eigenvalue weighted by molar-refractivity contribution is 6.33. The Morgan fingerprint density at radius 3 is 3.32 bits per heavy atom. The van der Waals surface area contributed by atoms with E-state index in [0.29, 0.717) is 11.1 Å². The molecule has 0 saturated carbocycles. The van der Waals surface area contributed by atoms with Gasteiger partial charge in [0.05, 0.1) is 23.4 Å². The van der Waals surface area contributed by atoms with E-state index in [0.717, 1.165) is 25.4 Å². The maximum absolute atomic E-state index is 6.08. The number of nitrogens with one attached hydrogen (secondary N) is 1. The highest BCUT2D eigenvalue weighted by Gasteiger charge is 2.30. The number of fused-ring (bicyclic) bond motifs is 1. The lowest BCUT2D eigenvalue weighted by Crippen LogP contribution is -2.53. The van der Waals surface area contributed by atoms with Crippen molar-refractivity contribution in [3.05, 3.63) is 23.5 Å². The molecule has 1 aromatic rings. The molecular formula is C14H20ClN3O. The van der Waals surface area contributed by atoms with Crippen LogP contribution in [-0.2, 0) is 4.74 Å². The molecular weight excluding hydrogens is 262 g/mol. The average Bonchev–Trinajstić information content (AvgIpc) is 2.46. The lowest BCUT2D eigenvalue weighted by atomic mass is 10.0. The number of pyridine rings is 1. The summed E-state index contributed by atoms with van der Waals surface area (Å²) in [6.45, 7) is 3.92. The van der Waals surface area contributed by atoms with E-state index in [9.17, 15) is 0 Å². The first-order valence-electron chi connectivity index (χ1n) is 7.02. The monoisotopic (exact) mass is 281 g/mol. The molecule has 19 heavy (non-hydrogen) atoms. The number of aromatic nitrogens is 1. The Kier molecular flexibility index (Phi) is 4.21. The lowest BCUT2D eigenvalue weighted by Gasteiger charge is -2.42. The van der Waals surface area contributed by atoms with Gasteiger partial charge in [0.1, 0.15) is 0 Å². The fraction of sp³-hybridized carbons (Fsp3) is 0.643. The highest BCUT2D eigenvalue weighted by Crippen LogP contribution is 2.23. The van der Waals surface area contributed by atoms with Crippen molar-refractivity contribution in [3.63, 3.8) is 0 Å². The minimum atomic E-state index is 0.249. The number of ether oxygens (including phenoxy) is 1. The Labute approximate surface area is 119 Å². The number of halogens is 1. The van der Waals surface area contributed by atoms with E-state index in [1.54, 1.807) is 12.4 Å². The van der Waals surface area contributed by atoms with Crippen molar-refractivity contribution < 1.29 is 4.74 Å². The molecule has 0 radical (unpaired) electrons. The van der Waals surface area contributed by atoms with Gasteiger partial charge in [0.25, 0.3) is 0 Å². The van der Waals surface area contributed by atoms with Gasteiger partial charge < -0.3 is 10.1 Å². The Morgan fingerprint density at radius 1 is 1.47 bits per heavy atom. The SMILES string of the molecule is Clc1cnccc1NC[C@@H]1CN2CCCC[C@@H]2CO1. The summed E-state index contributed by atoms with van der Waals surface area (Å²) in [6.07, 6.45) is 7.62. The molecule has 2 saturated heterocycles. The molecule has 0 bridgehead atoms. The van der Waals surface area contributed by atoms with Gasteiger partial charge >= 0.3 is 0 Å². The maximum Gasteiger partial charge on any atom is 0.0874 e. The lowest BCUT2D eigenvalue weighted by molar-refractivity contribution is -0.0688. The van der Waals surface area contributed by atoms with Crippen LogP contribution in [0.1, 0.15) is 19.3 Å². The Balaban J connectivity index is 1.52. The van der Waals surface area contributed by atoms with Crippen LogP contribution in [0.25, 0.3) is 0 Å². The van der Waals surface area contributed by atoms with Gasteiger partial charge in [0, 0.05) is 31.5 Å². The summed E-state index contributed by atoms with van der Waals surface area (Å²) in [4.78, 5) is 6.56. The fourth-order valence-electron chi connectivity index (χ4n) is 2.92. The van der Waals surface area contributed by atoms with E-state index in [-0.39, 0.29) is 6.10 Å². The van der Waals surface area contributed by atoms with Crippen molar-refractivity contribution in [3.8, 4) is 0 Å². The zero-order valence-electron chi connectivity index (χ0n) is 11.0. The molecule has 1 aromatic heterocycles. The second-order valence-corrected chi connectivity index (χ2v) is 5.74. The summed E-state index contributed by atoms with van der Waals surface area (Å²) in [7, 11) is 0. The topological polar surface area (TPSA) is 37.4 Å². The van der Waals surface area contributed by atoms with E-state index < -0.39 is 0 Å². The van der Waals surface area contributed by atoms with Gasteiger partial charge in [-0.2, -0.15) is 0 Å². The van der Waals surface area contributed by atoms with E-state index in [1.165, 1.54) is 25.8 Å². The summed E-state index contributed by atoms with van der Waals surface area (Å²) < 4.78 is 5.95. The first-order valence-corrected chi connectivity index (χ1v) is 7.40. The standard InChI is InChI=1S/C14H20ClN3O/c15-13-8-16-5-4-14(13)17-7-12-9-18-6-2-1-3-11(18)10-19-12/h4-5,8,11-12H,1-3,6-7,9-10H2,(H,16,17)/t11-,12-/m1/s1. The summed E-state index contributed by atoms with van der Waals surface area (Å²) in [5.41, 5.74) is 0.932. The normalized spacial score (nSPS) is 27.8. The maximum atomic E-state index is 6.08. The largest absolute Gasteiger partial charge is 0.381 e. The van der Waals surface area contributed by atoms with Gasteiger partial charge in [-0.3, -0.25) is 9.88 Å².